The van der Waals surface area contributed by atoms with Gasteiger partial charge in [-0.25, -0.2) is 0 Å². The molecule has 0 aliphatic carbocycles. The van der Waals surface area contributed by atoms with Crippen LogP contribution >= 0.6 is 0 Å². The first kappa shape index (κ1) is 17.3. The molecule has 142 valence electrons. The Labute approximate surface area is 178 Å². The van der Waals surface area contributed by atoms with Crippen molar-refractivity contribution in [2.24, 2.45) is 0 Å². The van der Waals surface area contributed by atoms with Gasteiger partial charge in [0, 0.05) is 16.2 Å². The van der Waals surface area contributed by atoms with Crippen LogP contribution in [0.3, 0.4) is 0 Å². The quantitative estimate of drug-likeness (QED) is 0.287. The van der Waals surface area contributed by atoms with Gasteiger partial charge in [-0.3, -0.25) is 0 Å². The number of fused-ring (bicyclic) bond motifs is 8. The fourth-order valence-corrected chi connectivity index (χ4v) is 4.83. The van der Waals surface area contributed by atoms with Crippen molar-refractivity contribution < 1.29 is 0 Å². The molecule has 1 heterocycles. The van der Waals surface area contributed by atoms with Crippen molar-refractivity contribution in [2.45, 2.75) is 0 Å². The maximum atomic E-state index is 9.89. The van der Waals surface area contributed by atoms with Crippen LogP contribution < -0.4 is 0 Å². The van der Waals surface area contributed by atoms with Gasteiger partial charge in [0.2, 0.25) is 0 Å². The topological polar surface area (TPSA) is 52.5 Å². The van der Waals surface area contributed by atoms with Gasteiger partial charge >= 0.3 is 0 Å². The number of rotatable bonds is 1. The number of nitrogens with zero attached hydrogens (tertiary/aromatic N) is 3. The predicted molar refractivity (Wildman–Crippen MR) is 125 cm³/mol. The van der Waals surface area contributed by atoms with Crippen LogP contribution in [0.1, 0.15) is 11.1 Å². The Morgan fingerprint density at radius 1 is 0.516 bits per heavy atom. The highest BCUT2D eigenvalue weighted by Crippen LogP contribution is 2.42. The second kappa shape index (κ2) is 6.46. The molecular formula is C28H15N3. The molecule has 0 bridgehead atoms. The molecule has 0 unspecified atom stereocenters. The van der Waals surface area contributed by atoms with E-state index in [1.807, 2.05) is 18.2 Å². The van der Waals surface area contributed by atoms with E-state index in [0.717, 1.165) is 32.6 Å². The van der Waals surface area contributed by atoms with Crippen molar-refractivity contribution in [1.82, 2.24) is 4.57 Å². The Hall–Kier alpha value is -4.60. The minimum atomic E-state index is 0.485. The first-order chi connectivity index (χ1) is 15.3. The largest absolute Gasteiger partial charge is 0.306 e. The van der Waals surface area contributed by atoms with E-state index in [1.54, 1.807) is 18.2 Å². The zero-order chi connectivity index (χ0) is 20.9. The van der Waals surface area contributed by atoms with Gasteiger partial charge in [0.25, 0.3) is 0 Å². The summed E-state index contributed by atoms with van der Waals surface area (Å²) in [4.78, 5) is 0. The summed E-state index contributed by atoms with van der Waals surface area (Å²) in [5.74, 6) is 0. The molecule has 0 N–H and O–H groups in total. The molecule has 6 aromatic rings. The number of benzene rings is 5. The highest BCUT2D eigenvalue weighted by molar-refractivity contribution is 6.32. The van der Waals surface area contributed by atoms with Crippen LogP contribution in [0.5, 0.6) is 0 Å². The Morgan fingerprint density at radius 3 is 1.68 bits per heavy atom. The molecule has 3 heteroatoms. The van der Waals surface area contributed by atoms with E-state index < -0.39 is 0 Å². The van der Waals surface area contributed by atoms with Crippen molar-refractivity contribution in [3.05, 3.63) is 102 Å². The predicted octanol–water partition coefficient (Wildman–Crippen LogP) is 6.83. The molecule has 3 nitrogen and oxygen atoms in total. The maximum Gasteiger partial charge on any atom is 0.101 e. The minimum absolute atomic E-state index is 0.485. The van der Waals surface area contributed by atoms with Gasteiger partial charge in [-0.05, 0) is 34.4 Å². The van der Waals surface area contributed by atoms with Crippen LogP contribution in [0, 0.1) is 22.7 Å². The number of nitriles is 2. The van der Waals surface area contributed by atoms with Gasteiger partial charge in [-0.1, -0.05) is 72.8 Å². The monoisotopic (exact) mass is 393 g/mol. The van der Waals surface area contributed by atoms with E-state index in [4.69, 9.17) is 0 Å². The lowest BCUT2D eigenvalue weighted by Crippen LogP contribution is -2.01. The molecule has 31 heavy (non-hydrogen) atoms. The van der Waals surface area contributed by atoms with Crippen LogP contribution in [0.25, 0.3) is 49.0 Å². The first-order valence-electron chi connectivity index (χ1n) is 10.1. The molecule has 1 aromatic heterocycles. The first-order valence-corrected chi connectivity index (χ1v) is 10.1. The second-order valence-electron chi connectivity index (χ2n) is 7.59. The third kappa shape index (κ3) is 2.26. The van der Waals surface area contributed by atoms with Crippen LogP contribution in [-0.4, -0.2) is 4.57 Å². The van der Waals surface area contributed by atoms with Crippen LogP contribution in [-0.2, 0) is 0 Å². The summed E-state index contributed by atoms with van der Waals surface area (Å²) >= 11 is 0. The summed E-state index contributed by atoms with van der Waals surface area (Å²) in [6.45, 7) is 0. The lowest BCUT2D eigenvalue weighted by atomic mass is 9.97. The average molecular weight is 393 g/mol. The van der Waals surface area contributed by atoms with Crippen molar-refractivity contribution in [2.75, 3.05) is 0 Å². The SMILES string of the molecule is N#Cc1cccc(C#N)c1-n1c2ccccc2c2c3ccccc3c3ccccc3c21. The molecular weight excluding hydrogens is 378 g/mol. The van der Waals surface area contributed by atoms with E-state index in [9.17, 15) is 10.5 Å². The van der Waals surface area contributed by atoms with Crippen LogP contribution in [0.4, 0.5) is 0 Å². The maximum absolute atomic E-state index is 9.89. The molecule has 0 spiro atoms. The van der Waals surface area contributed by atoms with Gasteiger partial charge in [0.05, 0.1) is 27.8 Å². The van der Waals surface area contributed by atoms with E-state index in [-0.39, 0.29) is 0 Å². The van der Waals surface area contributed by atoms with Crippen molar-refractivity contribution in [3.63, 3.8) is 0 Å². The lowest BCUT2D eigenvalue weighted by molar-refractivity contribution is 1.16. The lowest BCUT2D eigenvalue weighted by Gasteiger charge is -2.14. The Morgan fingerprint density at radius 2 is 1.03 bits per heavy atom. The minimum Gasteiger partial charge on any atom is -0.306 e. The molecule has 0 radical (unpaired) electrons. The van der Waals surface area contributed by atoms with Crippen molar-refractivity contribution >= 4 is 43.4 Å². The number of hydrogen-bond acceptors (Lipinski definition) is 2. The van der Waals surface area contributed by atoms with Gasteiger partial charge in [-0.2, -0.15) is 10.5 Å². The summed E-state index contributed by atoms with van der Waals surface area (Å²) in [6.07, 6.45) is 0. The van der Waals surface area contributed by atoms with E-state index in [0.29, 0.717) is 16.8 Å². The Bertz CT molecular complexity index is 1730. The Balaban J connectivity index is 2.02. The Kier molecular flexibility index (Phi) is 3.60. The van der Waals surface area contributed by atoms with Crippen molar-refractivity contribution in [1.29, 1.82) is 10.5 Å². The molecule has 0 atom stereocenters. The highest BCUT2D eigenvalue weighted by atomic mass is 15.0. The molecule has 0 fully saturated rings. The van der Waals surface area contributed by atoms with E-state index >= 15 is 0 Å². The van der Waals surface area contributed by atoms with Crippen LogP contribution in [0.2, 0.25) is 0 Å². The summed E-state index contributed by atoms with van der Waals surface area (Å²) in [6, 6.07) is 35.0. The molecule has 0 aliphatic heterocycles. The number of hydrogen-bond donors (Lipinski definition) is 0. The fourth-order valence-electron chi connectivity index (χ4n) is 4.83. The molecule has 6 rings (SSSR count). The van der Waals surface area contributed by atoms with E-state index in [2.05, 4.69) is 71.3 Å². The zero-order valence-electron chi connectivity index (χ0n) is 16.5. The van der Waals surface area contributed by atoms with Gasteiger partial charge in [0.15, 0.2) is 0 Å². The molecule has 0 saturated carbocycles. The van der Waals surface area contributed by atoms with Gasteiger partial charge in [0.1, 0.15) is 12.1 Å². The van der Waals surface area contributed by atoms with Gasteiger partial charge < -0.3 is 4.57 Å². The summed E-state index contributed by atoms with van der Waals surface area (Å²) in [5, 5.41) is 26.7. The normalized spacial score (nSPS) is 11.2. The third-order valence-corrected chi connectivity index (χ3v) is 6.04. The van der Waals surface area contributed by atoms with Gasteiger partial charge in [-0.15, -0.1) is 0 Å². The zero-order valence-corrected chi connectivity index (χ0v) is 16.5. The molecule has 0 aliphatic rings. The van der Waals surface area contributed by atoms with Crippen LogP contribution in [0.15, 0.2) is 91.0 Å². The molecule has 5 aromatic carbocycles. The van der Waals surface area contributed by atoms with Crippen molar-refractivity contribution in [3.8, 4) is 17.8 Å². The number of aromatic nitrogens is 1. The third-order valence-electron chi connectivity index (χ3n) is 6.04. The molecule has 0 saturated heterocycles. The fraction of sp³-hybridized carbons (Fsp3) is 0. The summed E-state index contributed by atoms with van der Waals surface area (Å²) in [5.41, 5.74) is 3.62. The number of para-hydroxylation sites is 2. The summed E-state index contributed by atoms with van der Waals surface area (Å²) in [7, 11) is 0. The summed E-state index contributed by atoms with van der Waals surface area (Å²) < 4.78 is 2.11. The second-order valence-corrected chi connectivity index (χ2v) is 7.59. The smallest absolute Gasteiger partial charge is 0.101 e. The molecule has 0 amide bonds. The average Bonchev–Trinajstić information content (AvgIpc) is 3.19. The van der Waals surface area contributed by atoms with E-state index in [1.165, 1.54) is 10.8 Å². The standard InChI is InChI=1S/C28H15N3/c29-16-18-8-7-9-19(17-30)27(18)31-25-15-6-5-14-24(25)26-22-12-3-1-10-20(22)21-11-2-4-13-23(21)28(26)31/h1-15H. The highest BCUT2D eigenvalue weighted by Gasteiger charge is 2.21.